The van der Waals surface area contributed by atoms with E-state index in [0.29, 0.717) is 12.5 Å². The summed E-state index contributed by atoms with van der Waals surface area (Å²) in [6.07, 6.45) is 0. The summed E-state index contributed by atoms with van der Waals surface area (Å²) in [7, 11) is 0. The zero-order valence-corrected chi connectivity index (χ0v) is 12.1. The van der Waals surface area contributed by atoms with Crippen LogP contribution in [0.2, 0.25) is 5.28 Å². The fourth-order valence-corrected chi connectivity index (χ4v) is 2.69. The first kappa shape index (κ1) is 13.5. The van der Waals surface area contributed by atoms with Crippen LogP contribution in [0.15, 0.2) is 11.4 Å². The number of thiophene rings is 1. The summed E-state index contributed by atoms with van der Waals surface area (Å²) in [5, 5.41) is 3.14. The summed E-state index contributed by atoms with van der Waals surface area (Å²) in [6, 6.07) is 1.96. The monoisotopic (exact) mass is 285 g/mol. The minimum atomic E-state index is 0.239. The quantitative estimate of drug-likeness (QED) is 0.765. The molecule has 0 spiro atoms. The molecule has 0 aromatic carbocycles. The Morgan fingerprint density at radius 1 is 1.33 bits per heavy atom. The molecule has 2 heterocycles. The van der Waals surface area contributed by atoms with Crippen LogP contribution in [-0.2, 0) is 0 Å². The third kappa shape index (κ3) is 3.10. The Labute approximate surface area is 116 Å². The van der Waals surface area contributed by atoms with E-state index in [1.807, 2.05) is 11.4 Å². The lowest BCUT2D eigenvalue weighted by Gasteiger charge is -2.17. The Bertz CT molecular complexity index is 513. The minimum Gasteiger partial charge on any atom is -0.476 e. The number of fused-ring (bicyclic) bond motifs is 1. The van der Waals surface area contributed by atoms with Crippen molar-refractivity contribution >= 4 is 33.2 Å². The van der Waals surface area contributed by atoms with E-state index in [1.165, 1.54) is 11.3 Å². The summed E-state index contributed by atoms with van der Waals surface area (Å²) in [5.41, 5.74) is 0. The molecule has 0 radical (unpaired) electrons. The predicted molar refractivity (Wildman–Crippen MR) is 75.7 cm³/mol. The molecule has 0 atom stereocenters. The van der Waals surface area contributed by atoms with Crippen molar-refractivity contribution in [1.29, 1.82) is 0 Å². The van der Waals surface area contributed by atoms with Gasteiger partial charge in [-0.2, -0.15) is 4.98 Å². The average Bonchev–Trinajstić information content (AvgIpc) is 2.82. The van der Waals surface area contributed by atoms with E-state index in [1.54, 1.807) is 0 Å². The van der Waals surface area contributed by atoms with Crippen molar-refractivity contribution in [2.75, 3.05) is 26.2 Å². The molecule has 4 nitrogen and oxygen atoms in total. The molecule has 6 heteroatoms. The summed E-state index contributed by atoms with van der Waals surface area (Å²) in [4.78, 5) is 11.5. The summed E-state index contributed by atoms with van der Waals surface area (Å²) in [5.74, 6) is 0.582. The van der Waals surface area contributed by atoms with Crippen molar-refractivity contribution in [3.05, 3.63) is 16.7 Å². The SMILES string of the molecule is CCN(CC)CCOc1nc(Cl)nc2sccc12. The molecule has 2 aromatic rings. The highest BCUT2D eigenvalue weighted by Crippen LogP contribution is 2.27. The van der Waals surface area contributed by atoms with E-state index in [0.717, 1.165) is 29.9 Å². The maximum atomic E-state index is 5.87. The van der Waals surface area contributed by atoms with Crippen molar-refractivity contribution in [2.45, 2.75) is 13.8 Å². The zero-order chi connectivity index (χ0) is 13.0. The molecule has 0 aliphatic heterocycles. The van der Waals surface area contributed by atoms with Gasteiger partial charge in [0.1, 0.15) is 11.4 Å². The van der Waals surface area contributed by atoms with E-state index in [2.05, 4.69) is 28.7 Å². The zero-order valence-electron chi connectivity index (χ0n) is 10.5. The van der Waals surface area contributed by atoms with Gasteiger partial charge in [-0.3, -0.25) is 0 Å². The molecule has 2 aromatic heterocycles. The first-order chi connectivity index (χ1) is 8.74. The van der Waals surface area contributed by atoms with Crippen LogP contribution >= 0.6 is 22.9 Å². The van der Waals surface area contributed by atoms with Gasteiger partial charge in [-0.25, -0.2) is 4.98 Å². The smallest absolute Gasteiger partial charge is 0.227 e. The molecule has 0 saturated heterocycles. The van der Waals surface area contributed by atoms with Crippen molar-refractivity contribution in [3.63, 3.8) is 0 Å². The van der Waals surface area contributed by atoms with Crippen LogP contribution in [0.3, 0.4) is 0 Å². The number of likely N-dealkylation sites (N-methyl/N-ethyl adjacent to an activating group) is 1. The Balaban J connectivity index is 2.05. The lowest BCUT2D eigenvalue weighted by atomic mass is 10.4. The first-order valence-electron chi connectivity index (χ1n) is 6.00. The third-order valence-corrected chi connectivity index (χ3v) is 3.78. The van der Waals surface area contributed by atoms with E-state index in [9.17, 15) is 0 Å². The molecule has 0 amide bonds. The fourth-order valence-electron chi connectivity index (χ4n) is 1.72. The van der Waals surface area contributed by atoms with Gasteiger partial charge < -0.3 is 9.64 Å². The van der Waals surface area contributed by atoms with Crippen LogP contribution in [-0.4, -0.2) is 41.1 Å². The van der Waals surface area contributed by atoms with Gasteiger partial charge in [0.05, 0.1) is 5.39 Å². The Morgan fingerprint density at radius 3 is 2.83 bits per heavy atom. The van der Waals surface area contributed by atoms with Gasteiger partial charge in [0.25, 0.3) is 0 Å². The number of hydrogen-bond donors (Lipinski definition) is 0. The number of hydrogen-bond acceptors (Lipinski definition) is 5. The van der Waals surface area contributed by atoms with Crippen molar-refractivity contribution < 1.29 is 4.74 Å². The second-order valence-corrected chi connectivity index (χ2v) is 5.05. The highest BCUT2D eigenvalue weighted by molar-refractivity contribution is 7.16. The largest absolute Gasteiger partial charge is 0.476 e. The summed E-state index contributed by atoms with van der Waals surface area (Å²) < 4.78 is 5.72. The number of nitrogens with zero attached hydrogens (tertiary/aromatic N) is 3. The standard InChI is InChI=1S/C12H16ClN3OS/c1-3-16(4-2)6-7-17-10-9-5-8-18-11(9)15-12(13)14-10/h5,8H,3-4,6-7H2,1-2H3. The second-order valence-electron chi connectivity index (χ2n) is 3.81. The molecule has 98 valence electrons. The van der Waals surface area contributed by atoms with E-state index in [4.69, 9.17) is 16.3 Å². The van der Waals surface area contributed by atoms with Crippen LogP contribution in [0.25, 0.3) is 10.2 Å². The second kappa shape index (κ2) is 6.31. The maximum absolute atomic E-state index is 5.87. The van der Waals surface area contributed by atoms with Crippen LogP contribution in [0.4, 0.5) is 0 Å². The summed E-state index contributed by atoms with van der Waals surface area (Å²) in [6.45, 7) is 7.83. The lowest BCUT2D eigenvalue weighted by molar-refractivity contribution is 0.219. The molecule has 0 N–H and O–H groups in total. The van der Waals surface area contributed by atoms with Crippen LogP contribution in [0.5, 0.6) is 5.88 Å². The molecule has 0 bridgehead atoms. The lowest BCUT2D eigenvalue weighted by Crippen LogP contribution is -2.28. The van der Waals surface area contributed by atoms with Crippen LogP contribution in [0.1, 0.15) is 13.8 Å². The first-order valence-corrected chi connectivity index (χ1v) is 7.26. The highest BCUT2D eigenvalue weighted by atomic mass is 35.5. The summed E-state index contributed by atoms with van der Waals surface area (Å²) >= 11 is 7.41. The molecule has 0 aliphatic carbocycles. The van der Waals surface area contributed by atoms with Crippen molar-refractivity contribution in [1.82, 2.24) is 14.9 Å². The number of halogens is 1. The van der Waals surface area contributed by atoms with Crippen LogP contribution in [0, 0.1) is 0 Å². The highest BCUT2D eigenvalue weighted by Gasteiger charge is 2.09. The normalized spacial score (nSPS) is 11.3. The van der Waals surface area contributed by atoms with Gasteiger partial charge in [0, 0.05) is 6.54 Å². The Morgan fingerprint density at radius 2 is 2.11 bits per heavy atom. The molecular formula is C12H16ClN3OS. The number of rotatable bonds is 6. The topological polar surface area (TPSA) is 38.2 Å². The molecular weight excluding hydrogens is 270 g/mol. The van der Waals surface area contributed by atoms with E-state index in [-0.39, 0.29) is 5.28 Å². The third-order valence-electron chi connectivity index (χ3n) is 2.80. The molecule has 0 unspecified atom stereocenters. The fraction of sp³-hybridized carbons (Fsp3) is 0.500. The van der Waals surface area contributed by atoms with Gasteiger partial charge in [0.2, 0.25) is 11.2 Å². The molecule has 18 heavy (non-hydrogen) atoms. The van der Waals surface area contributed by atoms with Gasteiger partial charge in [0.15, 0.2) is 0 Å². The van der Waals surface area contributed by atoms with E-state index >= 15 is 0 Å². The van der Waals surface area contributed by atoms with Crippen molar-refractivity contribution in [2.24, 2.45) is 0 Å². The molecule has 0 saturated carbocycles. The van der Waals surface area contributed by atoms with Gasteiger partial charge in [-0.1, -0.05) is 13.8 Å². The molecule has 0 fully saturated rings. The Kier molecular flexibility index (Phi) is 4.74. The molecule has 2 rings (SSSR count). The number of aromatic nitrogens is 2. The average molecular weight is 286 g/mol. The van der Waals surface area contributed by atoms with E-state index < -0.39 is 0 Å². The van der Waals surface area contributed by atoms with Gasteiger partial charge in [-0.15, -0.1) is 11.3 Å². The maximum Gasteiger partial charge on any atom is 0.227 e. The predicted octanol–water partition coefficient (Wildman–Crippen LogP) is 3.07. The van der Waals surface area contributed by atoms with Crippen LogP contribution < -0.4 is 4.74 Å². The number of ether oxygens (including phenoxy) is 1. The van der Waals surface area contributed by atoms with Gasteiger partial charge in [-0.05, 0) is 36.1 Å². The molecule has 0 aliphatic rings. The minimum absolute atomic E-state index is 0.239. The van der Waals surface area contributed by atoms with Gasteiger partial charge >= 0.3 is 0 Å². The van der Waals surface area contributed by atoms with Crippen molar-refractivity contribution in [3.8, 4) is 5.88 Å². The Hall–Kier alpha value is -0.910.